The summed E-state index contributed by atoms with van der Waals surface area (Å²) in [4.78, 5) is 17.9. The highest BCUT2D eigenvalue weighted by molar-refractivity contribution is 6.31. The summed E-state index contributed by atoms with van der Waals surface area (Å²) in [5.74, 6) is -0.544. The maximum Gasteiger partial charge on any atom is 0.257 e. The van der Waals surface area contributed by atoms with Crippen LogP contribution in [0.1, 0.15) is 11.1 Å². The van der Waals surface area contributed by atoms with Gasteiger partial charge in [-0.25, -0.2) is 4.39 Å². The van der Waals surface area contributed by atoms with Crippen LogP contribution in [-0.2, 0) is 11.2 Å². The number of rotatable bonds is 4. The molecular formula is C17H16FN3O. The summed E-state index contributed by atoms with van der Waals surface area (Å²) in [5.41, 5.74) is 2.94. The van der Waals surface area contributed by atoms with Crippen molar-refractivity contribution in [1.29, 1.82) is 0 Å². The van der Waals surface area contributed by atoms with E-state index < -0.39 is 0 Å². The molecule has 0 unspecified atom stereocenters. The number of hydrogen-bond acceptors (Lipinski definition) is 3. The van der Waals surface area contributed by atoms with Crippen molar-refractivity contribution in [1.82, 2.24) is 9.88 Å². The van der Waals surface area contributed by atoms with Gasteiger partial charge in [-0.2, -0.15) is 0 Å². The number of fused-ring (bicyclic) bond motifs is 1. The van der Waals surface area contributed by atoms with Crippen molar-refractivity contribution in [2.24, 2.45) is 0 Å². The average Bonchev–Trinajstić information content (AvgIpc) is 2.82. The molecule has 1 N–H and O–H groups in total. The Morgan fingerprint density at radius 3 is 2.82 bits per heavy atom. The molecule has 0 radical (unpaired) electrons. The molecule has 3 rings (SSSR count). The summed E-state index contributed by atoms with van der Waals surface area (Å²) in [6, 6.07) is 8.24. The van der Waals surface area contributed by atoms with Gasteiger partial charge in [0, 0.05) is 43.4 Å². The van der Waals surface area contributed by atoms with Crippen molar-refractivity contribution >= 4 is 17.2 Å². The molecule has 0 atom stereocenters. The third-order valence-corrected chi connectivity index (χ3v) is 3.62. The Bertz CT molecular complexity index is 728. The highest BCUT2D eigenvalue weighted by atomic mass is 19.1. The first-order valence-corrected chi connectivity index (χ1v) is 7.06. The number of likely N-dealkylation sites (N-methyl/N-ethyl adjacent to an activating group) is 1. The Morgan fingerprint density at radius 2 is 2.05 bits per heavy atom. The van der Waals surface area contributed by atoms with Crippen molar-refractivity contribution in [3.05, 3.63) is 65.9 Å². The van der Waals surface area contributed by atoms with E-state index in [2.05, 4.69) is 10.3 Å². The first-order chi connectivity index (χ1) is 10.6. The van der Waals surface area contributed by atoms with Crippen molar-refractivity contribution in [2.75, 3.05) is 18.9 Å². The van der Waals surface area contributed by atoms with Gasteiger partial charge >= 0.3 is 0 Å². The van der Waals surface area contributed by atoms with E-state index in [0.717, 1.165) is 13.0 Å². The normalized spacial score (nSPS) is 14.8. The molecule has 2 aromatic rings. The third-order valence-electron chi connectivity index (χ3n) is 3.62. The number of carbonyl (C=O) groups excluding carboxylic acids is 1. The van der Waals surface area contributed by atoms with Gasteiger partial charge < -0.3 is 10.2 Å². The molecule has 112 valence electrons. The van der Waals surface area contributed by atoms with Gasteiger partial charge in [0.15, 0.2) is 0 Å². The van der Waals surface area contributed by atoms with Crippen molar-refractivity contribution in [3.8, 4) is 0 Å². The second-order valence-corrected chi connectivity index (χ2v) is 5.27. The lowest BCUT2D eigenvalue weighted by Gasteiger charge is -2.15. The number of amides is 1. The summed E-state index contributed by atoms with van der Waals surface area (Å²) in [6.45, 7) is 0.755. The standard InChI is InChI=1S/C17H16FN3O/c1-21(9-6-12-4-7-19-8-5-12)11-15-14-10-13(18)2-3-16(14)20-17(15)22/h2-5,7-8,10-11H,6,9H2,1H3,(H,20,22)/b15-11+. The van der Waals surface area contributed by atoms with Crippen LogP contribution in [0.15, 0.2) is 48.9 Å². The number of carbonyl (C=O) groups is 1. The maximum atomic E-state index is 13.4. The maximum absolute atomic E-state index is 13.4. The summed E-state index contributed by atoms with van der Waals surface area (Å²) in [7, 11) is 1.90. The van der Waals surface area contributed by atoms with E-state index >= 15 is 0 Å². The average molecular weight is 297 g/mol. The van der Waals surface area contributed by atoms with Crippen LogP contribution in [0.5, 0.6) is 0 Å². The zero-order chi connectivity index (χ0) is 15.5. The fourth-order valence-corrected chi connectivity index (χ4v) is 2.43. The zero-order valence-corrected chi connectivity index (χ0v) is 12.2. The number of halogens is 1. The lowest BCUT2D eigenvalue weighted by molar-refractivity contribution is -0.110. The van der Waals surface area contributed by atoms with E-state index in [1.165, 1.54) is 17.7 Å². The highest BCUT2D eigenvalue weighted by Gasteiger charge is 2.24. The number of pyridine rings is 1. The predicted octanol–water partition coefficient (Wildman–Crippen LogP) is 2.69. The molecule has 1 amide bonds. The topological polar surface area (TPSA) is 45.2 Å². The predicted molar refractivity (Wildman–Crippen MR) is 83.6 cm³/mol. The Labute approximate surface area is 128 Å². The van der Waals surface area contributed by atoms with Gasteiger partial charge in [-0.15, -0.1) is 0 Å². The molecule has 1 aromatic heterocycles. The van der Waals surface area contributed by atoms with E-state index in [0.29, 0.717) is 16.8 Å². The Kier molecular flexibility index (Phi) is 3.87. The number of anilines is 1. The molecule has 2 heterocycles. The van der Waals surface area contributed by atoms with Gasteiger partial charge in [-0.1, -0.05) is 0 Å². The molecule has 5 heteroatoms. The van der Waals surface area contributed by atoms with Crippen molar-refractivity contribution in [3.63, 3.8) is 0 Å². The minimum atomic E-state index is -0.347. The van der Waals surface area contributed by atoms with Crippen molar-refractivity contribution in [2.45, 2.75) is 6.42 Å². The van der Waals surface area contributed by atoms with Gasteiger partial charge in [-0.3, -0.25) is 9.78 Å². The minimum absolute atomic E-state index is 0.198. The first kappa shape index (κ1) is 14.3. The van der Waals surface area contributed by atoms with Crippen LogP contribution >= 0.6 is 0 Å². The molecule has 0 aliphatic carbocycles. The van der Waals surface area contributed by atoms with Crippen LogP contribution in [0.4, 0.5) is 10.1 Å². The summed E-state index contributed by atoms with van der Waals surface area (Å²) < 4.78 is 13.4. The van der Waals surface area contributed by atoms with Crippen LogP contribution in [0.25, 0.3) is 5.57 Å². The molecule has 4 nitrogen and oxygen atoms in total. The van der Waals surface area contributed by atoms with Gasteiger partial charge in [0.2, 0.25) is 0 Å². The van der Waals surface area contributed by atoms with Gasteiger partial charge in [0.1, 0.15) is 5.82 Å². The van der Waals surface area contributed by atoms with Gasteiger partial charge in [-0.05, 0) is 42.3 Å². The SMILES string of the molecule is CN(/C=C1/C(=O)Nc2ccc(F)cc21)CCc1ccncc1. The van der Waals surface area contributed by atoms with E-state index in [4.69, 9.17) is 0 Å². The number of aromatic nitrogens is 1. The largest absolute Gasteiger partial charge is 0.379 e. The zero-order valence-electron chi connectivity index (χ0n) is 12.2. The lowest BCUT2D eigenvalue weighted by Crippen LogP contribution is -2.16. The van der Waals surface area contributed by atoms with Gasteiger partial charge in [0.05, 0.1) is 5.57 Å². The molecule has 0 saturated carbocycles. The fraction of sp³-hybridized carbons (Fsp3) is 0.176. The van der Waals surface area contributed by atoms with E-state index in [1.54, 1.807) is 24.7 Å². The smallest absolute Gasteiger partial charge is 0.257 e. The molecule has 0 fully saturated rings. The molecule has 1 aromatic carbocycles. The summed E-state index contributed by atoms with van der Waals surface area (Å²) in [5, 5.41) is 2.75. The minimum Gasteiger partial charge on any atom is -0.379 e. The van der Waals surface area contributed by atoms with E-state index in [9.17, 15) is 9.18 Å². The highest BCUT2D eigenvalue weighted by Crippen LogP contribution is 2.32. The molecule has 0 saturated heterocycles. The monoisotopic (exact) mass is 297 g/mol. The number of benzene rings is 1. The molecule has 1 aliphatic heterocycles. The van der Waals surface area contributed by atoms with Gasteiger partial charge in [0.25, 0.3) is 5.91 Å². The molecule has 0 spiro atoms. The summed E-state index contributed by atoms with van der Waals surface area (Å²) in [6.07, 6.45) is 6.14. The van der Waals surface area contributed by atoms with Crippen LogP contribution < -0.4 is 5.32 Å². The summed E-state index contributed by atoms with van der Waals surface area (Å²) >= 11 is 0. The van der Waals surface area contributed by atoms with Crippen LogP contribution in [-0.4, -0.2) is 29.4 Å². The quantitative estimate of drug-likeness (QED) is 0.883. The molecule has 0 bridgehead atoms. The second-order valence-electron chi connectivity index (χ2n) is 5.27. The number of nitrogens with zero attached hydrogens (tertiary/aromatic N) is 2. The van der Waals surface area contributed by atoms with Crippen LogP contribution in [0.2, 0.25) is 0 Å². The Morgan fingerprint density at radius 1 is 1.27 bits per heavy atom. The molecular weight excluding hydrogens is 281 g/mol. The fourth-order valence-electron chi connectivity index (χ4n) is 2.43. The number of nitrogens with one attached hydrogen (secondary N) is 1. The first-order valence-electron chi connectivity index (χ1n) is 7.06. The number of hydrogen-bond donors (Lipinski definition) is 1. The molecule has 1 aliphatic rings. The second kappa shape index (κ2) is 5.97. The Hall–Kier alpha value is -2.69. The van der Waals surface area contributed by atoms with Crippen LogP contribution in [0, 0.1) is 5.82 Å². The lowest BCUT2D eigenvalue weighted by atomic mass is 10.1. The van der Waals surface area contributed by atoms with E-state index in [-0.39, 0.29) is 11.7 Å². The van der Waals surface area contributed by atoms with E-state index in [1.807, 2.05) is 24.1 Å². The van der Waals surface area contributed by atoms with Crippen molar-refractivity contribution < 1.29 is 9.18 Å². The molecule has 22 heavy (non-hydrogen) atoms. The van der Waals surface area contributed by atoms with Crippen LogP contribution in [0.3, 0.4) is 0 Å². The third kappa shape index (κ3) is 2.98. The Balaban J connectivity index is 1.74.